The van der Waals surface area contributed by atoms with Crippen molar-refractivity contribution in [1.82, 2.24) is 0 Å². The molecule has 24 heavy (non-hydrogen) atoms. The lowest BCUT2D eigenvalue weighted by atomic mass is 10.0. The number of aliphatic carboxylic acids is 1. The van der Waals surface area contributed by atoms with Crippen LogP contribution in [0.25, 0.3) is 11.1 Å². The second kappa shape index (κ2) is 8.72. The summed E-state index contributed by atoms with van der Waals surface area (Å²) < 4.78 is 5.28. The zero-order chi connectivity index (χ0) is 18.2. The molecule has 0 saturated heterocycles. The Morgan fingerprint density at radius 3 is 2.00 bits per heavy atom. The summed E-state index contributed by atoms with van der Waals surface area (Å²) in [7, 11) is 0. The number of anilines is 1. The maximum absolute atomic E-state index is 11.9. The largest absolute Gasteiger partial charge is 0.481 e. The highest BCUT2D eigenvalue weighted by Gasteiger charge is 2.17. The van der Waals surface area contributed by atoms with Crippen molar-refractivity contribution >= 4 is 17.7 Å². The lowest BCUT2D eigenvalue weighted by molar-refractivity contribution is -0.134. The number of amides is 1. The van der Waals surface area contributed by atoms with Gasteiger partial charge in [0.15, 0.2) is 0 Å². The van der Waals surface area contributed by atoms with Crippen molar-refractivity contribution in [2.45, 2.75) is 33.3 Å². The number of carboxylic acids is 1. The van der Waals surface area contributed by atoms with Crippen molar-refractivity contribution in [3.63, 3.8) is 0 Å². The molecule has 0 aromatic heterocycles. The van der Waals surface area contributed by atoms with E-state index in [0.717, 1.165) is 23.7 Å². The molecule has 0 fully saturated rings. The van der Waals surface area contributed by atoms with Crippen LogP contribution in [-0.2, 0) is 9.53 Å². The second-order valence-electron chi connectivity index (χ2n) is 6.06. The summed E-state index contributed by atoms with van der Waals surface area (Å²) in [6.07, 6.45) is -0.444. The predicted octanol–water partition coefficient (Wildman–Crippen LogP) is 4.79. The Morgan fingerprint density at radius 2 is 1.46 bits per heavy atom. The van der Waals surface area contributed by atoms with E-state index in [-0.39, 0.29) is 0 Å². The van der Waals surface area contributed by atoms with Gasteiger partial charge in [-0.1, -0.05) is 48.5 Å². The van der Waals surface area contributed by atoms with E-state index in [1.807, 2.05) is 75.4 Å². The Hall–Kier alpha value is -2.82. The molecule has 0 heterocycles. The van der Waals surface area contributed by atoms with Crippen LogP contribution in [-0.4, -0.2) is 22.8 Å². The van der Waals surface area contributed by atoms with Gasteiger partial charge >= 0.3 is 6.09 Å². The first-order valence-electron chi connectivity index (χ1n) is 7.53. The number of hydrogen-bond acceptors (Lipinski definition) is 3. The first-order valence-corrected chi connectivity index (χ1v) is 7.53. The van der Waals surface area contributed by atoms with Gasteiger partial charge in [0.25, 0.3) is 5.97 Å². The zero-order valence-corrected chi connectivity index (χ0v) is 14.4. The molecule has 2 aromatic rings. The summed E-state index contributed by atoms with van der Waals surface area (Å²) in [5.41, 5.74) is 2.26. The van der Waals surface area contributed by atoms with Gasteiger partial charge < -0.3 is 9.84 Å². The Bertz CT molecular complexity index is 671. The van der Waals surface area contributed by atoms with E-state index in [0.29, 0.717) is 0 Å². The van der Waals surface area contributed by atoms with Crippen molar-refractivity contribution in [2.75, 3.05) is 5.32 Å². The van der Waals surface area contributed by atoms with E-state index >= 15 is 0 Å². The molecule has 2 aromatic carbocycles. The second-order valence-corrected chi connectivity index (χ2v) is 6.06. The van der Waals surface area contributed by atoms with E-state index in [9.17, 15) is 4.79 Å². The lowest BCUT2D eigenvalue weighted by Crippen LogP contribution is -2.27. The third kappa shape index (κ3) is 7.45. The van der Waals surface area contributed by atoms with Gasteiger partial charge in [-0.2, -0.15) is 0 Å². The number of hydrogen-bond donors (Lipinski definition) is 2. The molecule has 0 spiro atoms. The molecule has 0 radical (unpaired) electrons. The SMILES string of the molecule is CC(=O)O.CC(C)(C)OC(=O)Nc1ccccc1-c1ccccc1. The molecule has 1 amide bonds. The summed E-state index contributed by atoms with van der Waals surface area (Å²) >= 11 is 0. The molecule has 0 aliphatic carbocycles. The van der Waals surface area contributed by atoms with Crippen LogP contribution in [0, 0.1) is 0 Å². The highest BCUT2D eigenvalue weighted by atomic mass is 16.6. The van der Waals surface area contributed by atoms with Crippen LogP contribution in [0.2, 0.25) is 0 Å². The number of carbonyl (C=O) groups excluding carboxylic acids is 1. The first kappa shape index (κ1) is 19.2. The van der Waals surface area contributed by atoms with E-state index < -0.39 is 17.7 Å². The van der Waals surface area contributed by atoms with Crippen molar-refractivity contribution < 1.29 is 19.4 Å². The number of para-hydroxylation sites is 1. The standard InChI is InChI=1S/C17H19NO2.C2H4O2/c1-17(2,3)20-16(19)18-15-12-8-7-11-14(15)13-9-5-4-6-10-13;1-2(3)4/h4-12H,1-3H3,(H,18,19);1H3,(H,3,4). The highest BCUT2D eigenvalue weighted by molar-refractivity contribution is 5.91. The molecule has 0 aliphatic rings. The predicted molar refractivity (Wildman–Crippen MR) is 95.0 cm³/mol. The molecule has 0 unspecified atom stereocenters. The summed E-state index contributed by atoms with van der Waals surface area (Å²) in [6, 6.07) is 17.6. The molecule has 2 N–H and O–H groups in total. The van der Waals surface area contributed by atoms with E-state index in [1.165, 1.54) is 0 Å². The molecule has 2 rings (SSSR count). The van der Waals surface area contributed by atoms with E-state index in [1.54, 1.807) is 0 Å². The topological polar surface area (TPSA) is 75.6 Å². The average Bonchev–Trinajstić information content (AvgIpc) is 2.46. The molecule has 0 atom stereocenters. The van der Waals surface area contributed by atoms with Gasteiger partial charge in [0.1, 0.15) is 5.60 Å². The van der Waals surface area contributed by atoms with Gasteiger partial charge in [0, 0.05) is 12.5 Å². The Balaban J connectivity index is 0.000000648. The fourth-order valence-corrected chi connectivity index (χ4v) is 1.88. The number of carbonyl (C=O) groups is 2. The summed E-state index contributed by atoms with van der Waals surface area (Å²) in [5, 5.41) is 10.2. The van der Waals surface area contributed by atoms with Crippen molar-refractivity contribution in [2.24, 2.45) is 0 Å². The molecular weight excluding hydrogens is 306 g/mol. The lowest BCUT2D eigenvalue weighted by Gasteiger charge is -2.20. The number of ether oxygens (including phenoxy) is 1. The Morgan fingerprint density at radius 1 is 0.958 bits per heavy atom. The van der Waals surface area contributed by atoms with Crippen LogP contribution in [0.3, 0.4) is 0 Å². The number of carboxylic acid groups (broad SMARTS) is 1. The first-order chi connectivity index (χ1) is 11.2. The minimum Gasteiger partial charge on any atom is -0.481 e. The molecule has 5 nitrogen and oxygen atoms in total. The number of rotatable bonds is 2. The summed E-state index contributed by atoms with van der Waals surface area (Å²) in [5.74, 6) is -0.833. The minimum absolute atomic E-state index is 0.444. The normalized spacial score (nSPS) is 10.2. The third-order valence-electron chi connectivity index (χ3n) is 2.65. The quantitative estimate of drug-likeness (QED) is 0.830. The smallest absolute Gasteiger partial charge is 0.412 e. The number of benzene rings is 2. The molecule has 5 heteroatoms. The maximum Gasteiger partial charge on any atom is 0.412 e. The molecular formula is C19H23NO4. The van der Waals surface area contributed by atoms with Crippen molar-refractivity contribution in [3.8, 4) is 11.1 Å². The summed E-state index contributed by atoms with van der Waals surface area (Å²) in [6.45, 7) is 6.61. The fraction of sp³-hybridized carbons (Fsp3) is 0.263. The Labute approximate surface area is 142 Å². The molecule has 0 saturated carbocycles. The van der Waals surface area contributed by atoms with Gasteiger partial charge in [-0.15, -0.1) is 0 Å². The zero-order valence-electron chi connectivity index (χ0n) is 14.4. The third-order valence-corrected chi connectivity index (χ3v) is 2.65. The van der Waals surface area contributed by atoms with Crippen molar-refractivity contribution in [1.29, 1.82) is 0 Å². The van der Waals surface area contributed by atoms with Crippen LogP contribution < -0.4 is 5.32 Å². The number of nitrogens with one attached hydrogen (secondary N) is 1. The van der Waals surface area contributed by atoms with E-state index in [4.69, 9.17) is 14.6 Å². The van der Waals surface area contributed by atoms with Gasteiger partial charge in [0.2, 0.25) is 0 Å². The van der Waals surface area contributed by atoms with Gasteiger partial charge in [-0.05, 0) is 32.4 Å². The minimum atomic E-state index is -0.833. The molecule has 0 aliphatic heterocycles. The summed E-state index contributed by atoms with van der Waals surface area (Å²) in [4.78, 5) is 20.9. The highest BCUT2D eigenvalue weighted by Crippen LogP contribution is 2.27. The van der Waals surface area contributed by atoms with Gasteiger partial charge in [-0.3, -0.25) is 10.1 Å². The van der Waals surface area contributed by atoms with E-state index in [2.05, 4.69) is 5.32 Å². The van der Waals surface area contributed by atoms with Crippen LogP contribution >= 0.6 is 0 Å². The van der Waals surface area contributed by atoms with Crippen LogP contribution in [0.5, 0.6) is 0 Å². The van der Waals surface area contributed by atoms with Crippen LogP contribution in [0.15, 0.2) is 54.6 Å². The Kier molecular flexibility index (Phi) is 6.98. The maximum atomic E-state index is 11.9. The van der Waals surface area contributed by atoms with Crippen LogP contribution in [0.4, 0.5) is 10.5 Å². The fourth-order valence-electron chi connectivity index (χ4n) is 1.88. The molecule has 0 bridgehead atoms. The van der Waals surface area contributed by atoms with Gasteiger partial charge in [-0.25, -0.2) is 4.79 Å². The van der Waals surface area contributed by atoms with Crippen molar-refractivity contribution in [3.05, 3.63) is 54.6 Å². The monoisotopic (exact) mass is 329 g/mol. The van der Waals surface area contributed by atoms with Crippen LogP contribution in [0.1, 0.15) is 27.7 Å². The molecule has 128 valence electrons. The van der Waals surface area contributed by atoms with Gasteiger partial charge in [0.05, 0.1) is 5.69 Å². The average molecular weight is 329 g/mol.